The number of amides is 1. The van der Waals surface area contributed by atoms with E-state index in [9.17, 15) is 4.79 Å². The molecule has 0 bridgehead atoms. The molecule has 2 aromatic heterocycles. The number of rotatable bonds is 5. The van der Waals surface area contributed by atoms with Crippen LogP contribution in [0.1, 0.15) is 56.1 Å². The molecule has 1 unspecified atom stereocenters. The average Bonchev–Trinajstić information content (AvgIpc) is 3.24. The van der Waals surface area contributed by atoms with Gasteiger partial charge < -0.3 is 9.42 Å². The Morgan fingerprint density at radius 3 is 3.14 bits per heavy atom. The maximum atomic E-state index is 12.6. The highest BCUT2D eigenvalue weighted by Gasteiger charge is 2.28. The highest BCUT2D eigenvalue weighted by molar-refractivity contribution is 5.77. The van der Waals surface area contributed by atoms with E-state index in [1.165, 1.54) is 0 Å². The number of hydrogen-bond acceptors (Lipinski definition) is 5. The van der Waals surface area contributed by atoms with Crippen LogP contribution >= 0.6 is 0 Å². The fraction of sp³-hybridized carbons (Fsp3) is 0.600. The molecule has 3 heterocycles. The van der Waals surface area contributed by atoms with Gasteiger partial charge in [-0.05, 0) is 25.3 Å². The molecule has 118 valence electrons. The molecule has 0 aromatic carbocycles. The summed E-state index contributed by atoms with van der Waals surface area (Å²) >= 11 is 0. The van der Waals surface area contributed by atoms with Crippen molar-refractivity contribution in [3.8, 4) is 0 Å². The van der Waals surface area contributed by atoms with Crippen molar-refractivity contribution in [1.29, 1.82) is 0 Å². The molecule has 0 aliphatic carbocycles. The van der Waals surface area contributed by atoms with Crippen molar-refractivity contribution in [1.82, 2.24) is 25.2 Å². The molecule has 1 aliphatic rings. The molecule has 2 aromatic rings. The third-order valence-electron chi connectivity index (χ3n) is 4.08. The van der Waals surface area contributed by atoms with Crippen LogP contribution in [-0.4, -0.2) is 37.7 Å². The van der Waals surface area contributed by atoms with Crippen LogP contribution < -0.4 is 0 Å². The number of hydrogen-bond donors (Lipinski definition) is 1. The number of likely N-dealkylation sites (tertiary alicyclic amines) is 1. The minimum atomic E-state index is 0.109. The number of aromatic nitrogens is 4. The summed E-state index contributed by atoms with van der Waals surface area (Å²) in [6.45, 7) is 2.77. The van der Waals surface area contributed by atoms with E-state index < -0.39 is 0 Å². The Kier molecular flexibility index (Phi) is 4.50. The van der Waals surface area contributed by atoms with Crippen LogP contribution in [0.25, 0.3) is 0 Å². The maximum Gasteiger partial charge on any atom is 0.227 e. The van der Waals surface area contributed by atoms with Crippen LogP contribution in [0.4, 0.5) is 0 Å². The normalized spacial score (nSPS) is 18.6. The largest absolute Gasteiger partial charge is 0.339 e. The van der Waals surface area contributed by atoms with Crippen LogP contribution in [-0.2, 0) is 17.6 Å². The van der Waals surface area contributed by atoms with Crippen molar-refractivity contribution in [2.24, 2.45) is 0 Å². The van der Waals surface area contributed by atoms with Gasteiger partial charge >= 0.3 is 0 Å². The lowest BCUT2D eigenvalue weighted by molar-refractivity contribution is -0.135. The molecule has 1 fully saturated rings. The minimum Gasteiger partial charge on any atom is -0.339 e. The van der Waals surface area contributed by atoms with Gasteiger partial charge in [0.05, 0.1) is 11.7 Å². The maximum absolute atomic E-state index is 12.6. The standard InChI is InChI=1S/C15H21N5O2/c1-2-13-17-14(22-19-13)6-7-15(21)20-10-4-3-5-12(20)11-8-9-16-18-11/h8-9,12H,2-7,10H2,1H3,(H,16,18). The zero-order valence-electron chi connectivity index (χ0n) is 12.8. The first-order valence-corrected chi connectivity index (χ1v) is 7.88. The lowest BCUT2D eigenvalue weighted by Crippen LogP contribution is -2.38. The monoisotopic (exact) mass is 303 g/mol. The van der Waals surface area contributed by atoms with Crippen LogP contribution in [0.5, 0.6) is 0 Å². The summed E-state index contributed by atoms with van der Waals surface area (Å²) in [6, 6.07) is 2.06. The van der Waals surface area contributed by atoms with Gasteiger partial charge in [0, 0.05) is 32.0 Å². The minimum absolute atomic E-state index is 0.109. The molecule has 1 saturated heterocycles. The van der Waals surface area contributed by atoms with Gasteiger partial charge in [0.15, 0.2) is 5.82 Å². The summed E-state index contributed by atoms with van der Waals surface area (Å²) in [5, 5.41) is 10.8. The Labute approximate surface area is 129 Å². The zero-order chi connectivity index (χ0) is 15.4. The van der Waals surface area contributed by atoms with E-state index in [4.69, 9.17) is 4.52 Å². The van der Waals surface area contributed by atoms with Gasteiger partial charge in [0.2, 0.25) is 11.8 Å². The molecule has 1 amide bonds. The number of aromatic amines is 1. The van der Waals surface area contributed by atoms with Crippen LogP contribution in [0, 0.1) is 0 Å². The summed E-state index contributed by atoms with van der Waals surface area (Å²) in [4.78, 5) is 18.8. The smallest absolute Gasteiger partial charge is 0.227 e. The Balaban J connectivity index is 1.62. The summed E-state index contributed by atoms with van der Waals surface area (Å²) in [5.41, 5.74) is 1.01. The van der Waals surface area contributed by atoms with Crippen molar-refractivity contribution in [2.75, 3.05) is 6.54 Å². The number of carbonyl (C=O) groups is 1. The van der Waals surface area contributed by atoms with Crippen molar-refractivity contribution < 1.29 is 9.32 Å². The first-order chi connectivity index (χ1) is 10.8. The second-order valence-corrected chi connectivity index (χ2v) is 5.57. The van der Waals surface area contributed by atoms with Crippen molar-refractivity contribution in [3.63, 3.8) is 0 Å². The average molecular weight is 303 g/mol. The molecule has 0 spiro atoms. The third kappa shape index (κ3) is 3.18. The Morgan fingerprint density at radius 1 is 1.50 bits per heavy atom. The number of carbonyl (C=O) groups excluding carboxylic acids is 1. The fourth-order valence-corrected chi connectivity index (χ4v) is 2.90. The van der Waals surface area contributed by atoms with Crippen LogP contribution in [0.3, 0.4) is 0 Å². The molecule has 1 aliphatic heterocycles. The number of nitrogens with zero attached hydrogens (tertiary/aromatic N) is 4. The molecular formula is C15H21N5O2. The van der Waals surface area contributed by atoms with E-state index in [0.29, 0.717) is 24.6 Å². The molecule has 22 heavy (non-hydrogen) atoms. The van der Waals surface area contributed by atoms with E-state index in [2.05, 4.69) is 20.3 Å². The zero-order valence-corrected chi connectivity index (χ0v) is 12.8. The molecule has 0 radical (unpaired) electrons. The predicted molar refractivity (Wildman–Crippen MR) is 78.9 cm³/mol. The number of aryl methyl sites for hydroxylation is 2. The molecule has 1 N–H and O–H groups in total. The second-order valence-electron chi connectivity index (χ2n) is 5.57. The van der Waals surface area contributed by atoms with Crippen LogP contribution in [0.2, 0.25) is 0 Å². The van der Waals surface area contributed by atoms with Crippen molar-refractivity contribution in [2.45, 2.75) is 51.5 Å². The topological polar surface area (TPSA) is 87.9 Å². The molecule has 0 saturated carbocycles. The highest BCUT2D eigenvalue weighted by Crippen LogP contribution is 2.30. The van der Waals surface area contributed by atoms with Crippen molar-refractivity contribution in [3.05, 3.63) is 29.7 Å². The summed E-state index contributed by atoms with van der Waals surface area (Å²) in [7, 11) is 0. The van der Waals surface area contributed by atoms with E-state index >= 15 is 0 Å². The third-order valence-corrected chi connectivity index (χ3v) is 4.08. The molecule has 7 heteroatoms. The van der Waals surface area contributed by atoms with Crippen LogP contribution in [0.15, 0.2) is 16.8 Å². The van der Waals surface area contributed by atoms with E-state index in [1.807, 2.05) is 17.9 Å². The summed E-state index contributed by atoms with van der Waals surface area (Å²) < 4.78 is 5.14. The Hall–Kier alpha value is -2.18. The number of piperidine rings is 1. The molecule has 3 rings (SSSR count). The van der Waals surface area contributed by atoms with Gasteiger partial charge in [-0.25, -0.2) is 0 Å². The summed E-state index contributed by atoms with van der Waals surface area (Å²) in [6.07, 6.45) is 6.54. The number of H-pyrrole nitrogens is 1. The quantitative estimate of drug-likeness (QED) is 0.913. The summed E-state index contributed by atoms with van der Waals surface area (Å²) in [5.74, 6) is 1.37. The molecular weight excluding hydrogens is 282 g/mol. The lowest BCUT2D eigenvalue weighted by atomic mass is 9.99. The molecule has 7 nitrogen and oxygen atoms in total. The highest BCUT2D eigenvalue weighted by atomic mass is 16.5. The predicted octanol–water partition coefficient (Wildman–Crippen LogP) is 2.04. The fourth-order valence-electron chi connectivity index (χ4n) is 2.90. The SMILES string of the molecule is CCc1noc(CCC(=O)N2CCCCC2c2ccn[nH]2)n1. The van der Waals surface area contributed by atoms with Gasteiger partial charge in [0.1, 0.15) is 0 Å². The Bertz CT molecular complexity index is 607. The van der Waals surface area contributed by atoms with E-state index in [0.717, 1.165) is 37.9 Å². The van der Waals surface area contributed by atoms with Gasteiger partial charge in [-0.2, -0.15) is 10.1 Å². The van der Waals surface area contributed by atoms with Gasteiger partial charge in [0.25, 0.3) is 0 Å². The lowest BCUT2D eigenvalue weighted by Gasteiger charge is -2.35. The van der Waals surface area contributed by atoms with Gasteiger partial charge in [-0.15, -0.1) is 0 Å². The first-order valence-electron chi connectivity index (χ1n) is 7.88. The van der Waals surface area contributed by atoms with E-state index in [1.54, 1.807) is 6.20 Å². The number of nitrogens with one attached hydrogen (secondary N) is 1. The molecule has 1 atom stereocenters. The Morgan fingerprint density at radius 2 is 2.41 bits per heavy atom. The first kappa shape index (κ1) is 14.7. The van der Waals surface area contributed by atoms with Gasteiger partial charge in [-0.1, -0.05) is 12.1 Å². The second kappa shape index (κ2) is 6.72. The van der Waals surface area contributed by atoms with Gasteiger partial charge in [-0.3, -0.25) is 9.89 Å². The van der Waals surface area contributed by atoms with Crippen molar-refractivity contribution >= 4 is 5.91 Å². The van der Waals surface area contributed by atoms with E-state index in [-0.39, 0.29) is 11.9 Å².